The van der Waals surface area contributed by atoms with Crippen molar-refractivity contribution >= 4 is 37.4 Å². The van der Waals surface area contributed by atoms with Gasteiger partial charge in [0, 0.05) is 28.8 Å². The second-order valence-electron chi connectivity index (χ2n) is 4.76. The van der Waals surface area contributed by atoms with E-state index in [0.29, 0.717) is 18.0 Å². The molecule has 0 bridgehead atoms. The SMILES string of the molecule is CS(=O)(=O)c1ccc(CNCc2cc(Br)ccc2Cl)cc1. The fourth-order valence-electron chi connectivity index (χ4n) is 1.87. The Hall–Kier alpha value is -0.880. The molecule has 0 aromatic heterocycles. The quantitative estimate of drug-likeness (QED) is 0.847. The average Bonchev–Trinajstić information content (AvgIpc) is 2.42. The van der Waals surface area contributed by atoms with E-state index in [1.807, 2.05) is 30.3 Å². The molecule has 3 nitrogen and oxygen atoms in total. The zero-order valence-corrected chi connectivity index (χ0v) is 14.6. The molecule has 0 unspecified atom stereocenters. The maximum Gasteiger partial charge on any atom is 0.175 e. The van der Waals surface area contributed by atoms with Crippen LogP contribution < -0.4 is 5.32 Å². The zero-order chi connectivity index (χ0) is 15.5. The van der Waals surface area contributed by atoms with Crippen LogP contribution in [0.25, 0.3) is 0 Å². The summed E-state index contributed by atoms with van der Waals surface area (Å²) in [4.78, 5) is 0.335. The first-order valence-corrected chi connectivity index (χ1v) is 9.36. The van der Waals surface area contributed by atoms with Crippen LogP contribution in [0.5, 0.6) is 0 Å². The number of rotatable bonds is 5. The van der Waals surface area contributed by atoms with Gasteiger partial charge in [0.2, 0.25) is 0 Å². The Morgan fingerprint density at radius 2 is 1.76 bits per heavy atom. The lowest BCUT2D eigenvalue weighted by atomic mass is 10.2. The molecule has 0 saturated heterocycles. The van der Waals surface area contributed by atoms with Gasteiger partial charge < -0.3 is 5.32 Å². The molecule has 0 saturated carbocycles. The number of hydrogen-bond donors (Lipinski definition) is 1. The van der Waals surface area contributed by atoms with Crippen LogP contribution >= 0.6 is 27.5 Å². The molecule has 21 heavy (non-hydrogen) atoms. The van der Waals surface area contributed by atoms with Crippen molar-refractivity contribution in [3.63, 3.8) is 0 Å². The van der Waals surface area contributed by atoms with Crippen molar-refractivity contribution in [2.45, 2.75) is 18.0 Å². The molecule has 0 heterocycles. The van der Waals surface area contributed by atoms with Gasteiger partial charge >= 0.3 is 0 Å². The van der Waals surface area contributed by atoms with Gasteiger partial charge in [-0.1, -0.05) is 39.7 Å². The molecule has 6 heteroatoms. The van der Waals surface area contributed by atoms with E-state index in [2.05, 4.69) is 21.2 Å². The third kappa shape index (κ3) is 4.81. The van der Waals surface area contributed by atoms with Gasteiger partial charge in [0.15, 0.2) is 9.84 Å². The van der Waals surface area contributed by atoms with Gasteiger partial charge in [0.1, 0.15) is 0 Å². The second-order valence-corrected chi connectivity index (χ2v) is 8.09. The molecule has 0 spiro atoms. The van der Waals surface area contributed by atoms with E-state index in [4.69, 9.17) is 11.6 Å². The fourth-order valence-corrected chi connectivity index (χ4v) is 3.10. The van der Waals surface area contributed by atoms with Crippen LogP contribution in [0.1, 0.15) is 11.1 Å². The highest BCUT2D eigenvalue weighted by Crippen LogP contribution is 2.21. The Labute approximate surface area is 138 Å². The molecule has 112 valence electrons. The first-order chi connectivity index (χ1) is 9.86. The standard InChI is InChI=1S/C15H15BrClNO2S/c1-21(19,20)14-5-2-11(3-6-14)9-18-10-12-8-13(16)4-7-15(12)17/h2-8,18H,9-10H2,1H3. The molecule has 0 aliphatic heterocycles. The molecule has 0 amide bonds. The number of hydrogen-bond acceptors (Lipinski definition) is 3. The molecule has 2 rings (SSSR count). The fraction of sp³-hybridized carbons (Fsp3) is 0.200. The molecular weight excluding hydrogens is 374 g/mol. The normalized spacial score (nSPS) is 11.6. The third-order valence-electron chi connectivity index (χ3n) is 3.00. The van der Waals surface area contributed by atoms with Gasteiger partial charge in [0.25, 0.3) is 0 Å². The second kappa shape index (κ2) is 6.92. The van der Waals surface area contributed by atoms with Crippen molar-refractivity contribution in [2.24, 2.45) is 0 Å². The van der Waals surface area contributed by atoms with Crippen molar-refractivity contribution in [1.82, 2.24) is 5.32 Å². The molecule has 0 radical (unpaired) electrons. The van der Waals surface area contributed by atoms with Gasteiger partial charge in [-0.05, 0) is 41.5 Å². The summed E-state index contributed by atoms with van der Waals surface area (Å²) in [7, 11) is -3.14. The van der Waals surface area contributed by atoms with E-state index in [9.17, 15) is 8.42 Å². The Kier molecular flexibility index (Phi) is 5.43. The molecule has 2 aromatic rings. The molecule has 0 atom stereocenters. The molecule has 1 N–H and O–H groups in total. The van der Waals surface area contributed by atoms with Crippen LogP contribution in [-0.4, -0.2) is 14.7 Å². The summed E-state index contributed by atoms with van der Waals surface area (Å²) < 4.78 is 23.7. The monoisotopic (exact) mass is 387 g/mol. The smallest absolute Gasteiger partial charge is 0.175 e. The molecule has 0 aliphatic rings. The summed E-state index contributed by atoms with van der Waals surface area (Å²) in [5.74, 6) is 0. The van der Waals surface area contributed by atoms with Crippen LogP contribution in [0.2, 0.25) is 5.02 Å². The van der Waals surface area contributed by atoms with Crippen molar-refractivity contribution in [1.29, 1.82) is 0 Å². The minimum atomic E-state index is -3.14. The topological polar surface area (TPSA) is 46.2 Å². The van der Waals surface area contributed by atoms with Crippen LogP contribution in [0.15, 0.2) is 51.8 Å². The predicted molar refractivity (Wildman–Crippen MR) is 89.2 cm³/mol. The summed E-state index contributed by atoms with van der Waals surface area (Å²) >= 11 is 9.54. The van der Waals surface area contributed by atoms with E-state index in [0.717, 1.165) is 20.6 Å². The molecule has 0 aliphatic carbocycles. The van der Waals surface area contributed by atoms with Crippen molar-refractivity contribution in [3.05, 3.63) is 63.1 Å². The van der Waals surface area contributed by atoms with Crippen LogP contribution in [0, 0.1) is 0 Å². The Morgan fingerprint density at radius 1 is 1.10 bits per heavy atom. The Bertz CT molecular complexity index is 730. The first-order valence-electron chi connectivity index (χ1n) is 6.30. The van der Waals surface area contributed by atoms with Crippen LogP contribution in [-0.2, 0) is 22.9 Å². The predicted octanol–water partition coefficient (Wildman–Crippen LogP) is 3.80. The van der Waals surface area contributed by atoms with Crippen molar-refractivity contribution in [2.75, 3.05) is 6.26 Å². The zero-order valence-electron chi connectivity index (χ0n) is 11.4. The molecular formula is C15H15BrClNO2S. The summed E-state index contributed by atoms with van der Waals surface area (Å²) in [6, 6.07) is 12.6. The van der Waals surface area contributed by atoms with Crippen LogP contribution in [0.4, 0.5) is 0 Å². The summed E-state index contributed by atoms with van der Waals surface area (Å²) in [6.45, 7) is 1.29. The van der Waals surface area contributed by atoms with Gasteiger partial charge in [-0.25, -0.2) is 8.42 Å². The van der Waals surface area contributed by atoms with E-state index < -0.39 is 9.84 Å². The highest BCUT2D eigenvalue weighted by Gasteiger charge is 2.06. The lowest BCUT2D eigenvalue weighted by Crippen LogP contribution is -2.13. The van der Waals surface area contributed by atoms with Gasteiger partial charge in [-0.3, -0.25) is 0 Å². The summed E-state index contributed by atoms with van der Waals surface area (Å²) in [5.41, 5.74) is 2.03. The first kappa shape index (κ1) is 16.5. The highest BCUT2D eigenvalue weighted by molar-refractivity contribution is 9.10. The largest absolute Gasteiger partial charge is 0.309 e. The van der Waals surface area contributed by atoms with Gasteiger partial charge in [0.05, 0.1) is 4.90 Å². The number of benzene rings is 2. The van der Waals surface area contributed by atoms with E-state index in [1.165, 1.54) is 6.26 Å². The van der Waals surface area contributed by atoms with Crippen LogP contribution in [0.3, 0.4) is 0 Å². The lowest BCUT2D eigenvalue weighted by molar-refractivity contribution is 0.602. The van der Waals surface area contributed by atoms with Gasteiger partial charge in [-0.2, -0.15) is 0 Å². The summed E-state index contributed by atoms with van der Waals surface area (Å²) in [6.07, 6.45) is 1.20. The molecule has 0 fully saturated rings. The number of sulfone groups is 1. The Morgan fingerprint density at radius 3 is 2.38 bits per heavy atom. The van der Waals surface area contributed by atoms with Gasteiger partial charge in [-0.15, -0.1) is 0 Å². The maximum absolute atomic E-state index is 11.4. The number of nitrogens with one attached hydrogen (secondary N) is 1. The van der Waals surface area contributed by atoms with Crippen molar-refractivity contribution in [3.8, 4) is 0 Å². The minimum Gasteiger partial charge on any atom is -0.309 e. The lowest BCUT2D eigenvalue weighted by Gasteiger charge is -2.08. The minimum absolute atomic E-state index is 0.335. The summed E-state index contributed by atoms with van der Waals surface area (Å²) in [5, 5.41) is 4.01. The third-order valence-corrected chi connectivity index (χ3v) is 4.99. The van der Waals surface area contributed by atoms with E-state index in [-0.39, 0.29) is 0 Å². The van der Waals surface area contributed by atoms with Crippen molar-refractivity contribution < 1.29 is 8.42 Å². The van der Waals surface area contributed by atoms with E-state index in [1.54, 1.807) is 12.1 Å². The molecule has 2 aromatic carbocycles. The highest BCUT2D eigenvalue weighted by atomic mass is 79.9. The average molecular weight is 389 g/mol. The number of halogens is 2. The Balaban J connectivity index is 1.96. The maximum atomic E-state index is 11.4. The van der Waals surface area contributed by atoms with E-state index >= 15 is 0 Å².